The van der Waals surface area contributed by atoms with Gasteiger partial charge in [-0.25, -0.2) is 14.2 Å². The summed E-state index contributed by atoms with van der Waals surface area (Å²) in [5.74, 6) is -1.04. The van der Waals surface area contributed by atoms with E-state index in [0.717, 1.165) is 42.5 Å². The van der Waals surface area contributed by atoms with Gasteiger partial charge in [-0.1, -0.05) is 79.9 Å². The number of aromatic carboxylic acids is 1. The molecule has 1 heterocycles. The molecule has 0 radical (unpaired) electrons. The molecule has 1 aliphatic rings. The highest BCUT2D eigenvalue weighted by molar-refractivity contribution is 5.96. The van der Waals surface area contributed by atoms with Gasteiger partial charge in [0.05, 0.1) is 12.1 Å². The summed E-state index contributed by atoms with van der Waals surface area (Å²) < 4.78 is 2.98. The number of carbonyl (C=O) groups is 2. The van der Waals surface area contributed by atoms with Gasteiger partial charge < -0.3 is 5.11 Å². The first kappa shape index (κ1) is 23.5. The Hall–Kier alpha value is -4.19. The molecule has 1 saturated carbocycles. The van der Waals surface area contributed by atoms with Gasteiger partial charge in [-0.2, -0.15) is 0 Å². The monoisotopic (exact) mass is 480 g/mol. The largest absolute Gasteiger partial charge is 0.478 e. The van der Waals surface area contributed by atoms with Crippen LogP contribution in [0.4, 0.5) is 0 Å². The summed E-state index contributed by atoms with van der Waals surface area (Å²) in [7, 11) is 0. The minimum atomic E-state index is -0.970. The number of carboxylic acid groups (broad SMARTS) is 1. The lowest BCUT2D eigenvalue weighted by atomic mass is 9.87. The zero-order valence-electron chi connectivity index (χ0n) is 20.0. The topological polar surface area (TPSA) is 81.3 Å². The fourth-order valence-corrected chi connectivity index (χ4v) is 5.14. The summed E-state index contributed by atoms with van der Waals surface area (Å²) in [6, 6.07) is 23.4. The molecule has 3 aromatic carbocycles. The van der Waals surface area contributed by atoms with Crippen LogP contribution < -0.4 is 5.69 Å². The van der Waals surface area contributed by atoms with Gasteiger partial charge in [-0.05, 0) is 47.7 Å². The van der Waals surface area contributed by atoms with E-state index in [1.54, 1.807) is 53.2 Å². The maximum absolute atomic E-state index is 13.5. The van der Waals surface area contributed by atoms with Crippen LogP contribution in [0.1, 0.15) is 70.0 Å². The van der Waals surface area contributed by atoms with Crippen molar-refractivity contribution >= 4 is 11.9 Å². The molecule has 0 atom stereocenters. The lowest BCUT2D eigenvalue weighted by Gasteiger charge is -2.22. The van der Waals surface area contributed by atoms with Crippen molar-refractivity contribution in [1.82, 2.24) is 9.13 Å². The van der Waals surface area contributed by atoms with Gasteiger partial charge in [-0.3, -0.25) is 9.36 Å². The number of benzene rings is 3. The zero-order valence-corrected chi connectivity index (χ0v) is 20.0. The van der Waals surface area contributed by atoms with Crippen LogP contribution in [-0.4, -0.2) is 26.1 Å². The Morgan fingerprint density at radius 2 is 1.50 bits per heavy atom. The molecule has 36 heavy (non-hydrogen) atoms. The Morgan fingerprint density at radius 1 is 0.833 bits per heavy atom. The molecule has 1 aromatic heterocycles. The van der Waals surface area contributed by atoms with E-state index in [2.05, 4.69) is 0 Å². The lowest BCUT2D eigenvalue weighted by molar-refractivity contribution is 0.0697. The highest BCUT2D eigenvalue weighted by Gasteiger charge is 2.25. The first-order valence-electron chi connectivity index (χ1n) is 12.4. The van der Waals surface area contributed by atoms with Crippen molar-refractivity contribution in [3.8, 4) is 11.1 Å². The summed E-state index contributed by atoms with van der Waals surface area (Å²) in [5.41, 5.74) is 3.67. The van der Waals surface area contributed by atoms with Crippen molar-refractivity contribution in [3.63, 3.8) is 0 Å². The second-order valence-electron chi connectivity index (χ2n) is 9.35. The Kier molecular flexibility index (Phi) is 6.67. The molecule has 1 N–H and O–H groups in total. The van der Waals surface area contributed by atoms with Gasteiger partial charge in [0.15, 0.2) is 0 Å². The quantitative estimate of drug-likeness (QED) is 0.378. The van der Waals surface area contributed by atoms with Crippen molar-refractivity contribution in [2.24, 2.45) is 0 Å². The fraction of sp³-hybridized carbons (Fsp3) is 0.233. The first-order valence-corrected chi connectivity index (χ1v) is 12.4. The SMILES string of the molecule is O=C(O)c1ccccc1-c1ccc(Cn2c(C3CCCCC3)cn(C(=O)c3ccccc3)c2=O)cc1. The van der Waals surface area contributed by atoms with Gasteiger partial charge in [0.1, 0.15) is 0 Å². The van der Waals surface area contributed by atoms with Crippen LogP contribution >= 0.6 is 0 Å². The van der Waals surface area contributed by atoms with E-state index in [-0.39, 0.29) is 23.1 Å². The Morgan fingerprint density at radius 3 is 2.19 bits per heavy atom. The van der Waals surface area contributed by atoms with E-state index in [9.17, 15) is 19.5 Å². The summed E-state index contributed by atoms with van der Waals surface area (Å²) in [6.45, 7) is 0.348. The highest BCUT2D eigenvalue weighted by Crippen LogP contribution is 2.33. The minimum Gasteiger partial charge on any atom is -0.478 e. The summed E-state index contributed by atoms with van der Waals surface area (Å²) in [4.78, 5) is 38.3. The van der Waals surface area contributed by atoms with Crippen LogP contribution in [0.3, 0.4) is 0 Å². The average Bonchev–Trinajstić information content (AvgIpc) is 3.25. The van der Waals surface area contributed by atoms with Crippen molar-refractivity contribution in [3.05, 3.63) is 118 Å². The molecule has 182 valence electrons. The van der Waals surface area contributed by atoms with Crippen LogP contribution in [0, 0.1) is 0 Å². The number of nitrogens with zero attached hydrogens (tertiary/aromatic N) is 2. The Bertz CT molecular complexity index is 1440. The molecule has 1 fully saturated rings. The Labute approximate surface area is 209 Å². The number of aromatic nitrogens is 2. The van der Waals surface area contributed by atoms with E-state index in [0.29, 0.717) is 17.7 Å². The van der Waals surface area contributed by atoms with E-state index in [1.165, 1.54) is 11.0 Å². The summed E-state index contributed by atoms with van der Waals surface area (Å²) >= 11 is 0. The zero-order chi connectivity index (χ0) is 25.1. The average molecular weight is 481 g/mol. The second-order valence-corrected chi connectivity index (χ2v) is 9.35. The molecule has 0 saturated heterocycles. The number of hydrogen-bond donors (Lipinski definition) is 1. The van der Waals surface area contributed by atoms with Gasteiger partial charge in [-0.15, -0.1) is 0 Å². The summed E-state index contributed by atoms with van der Waals surface area (Å²) in [6.07, 6.45) is 7.19. The first-order chi connectivity index (χ1) is 17.5. The van der Waals surface area contributed by atoms with E-state index in [1.807, 2.05) is 36.4 Å². The molecule has 1 aliphatic carbocycles. The van der Waals surface area contributed by atoms with Crippen LogP contribution in [-0.2, 0) is 6.54 Å². The third-order valence-electron chi connectivity index (χ3n) is 7.04. The van der Waals surface area contributed by atoms with Crippen molar-refractivity contribution < 1.29 is 14.7 Å². The maximum Gasteiger partial charge on any atom is 0.336 e. The molecule has 0 amide bonds. The van der Waals surface area contributed by atoms with Crippen LogP contribution in [0.25, 0.3) is 11.1 Å². The van der Waals surface area contributed by atoms with Crippen LogP contribution in [0.5, 0.6) is 0 Å². The molecule has 0 aliphatic heterocycles. The third kappa shape index (κ3) is 4.67. The van der Waals surface area contributed by atoms with Crippen molar-refractivity contribution in [2.75, 3.05) is 0 Å². The van der Waals surface area contributed by atoms with Crippen molar-refractivity contribution in [1.29, 1.82) is 0 Å². The molecular weight excluding hydrogens is 452 g/mol. The number of carbonyl (C=O) groups excluding carboxylic acids is 1. The predicted octanol–water partition coefficient (Wildman–Crippen LogP) is 5.80. The molecule has 6 heteroatoms. The number of carboxylic acids is 1. The molecule has 4 aromatic rings. The normalized spacial score (nSPS) is 14.0. The lowest BCUT2D eigenvalue weighted by Crippen LogP contribution is -2.30. The van der Waals surface area contributed by atoms with Gasteiger partial charge in [0, 0.05) is 23.4 Å². The maximum atomic E-state index is 13.5. The van der Waals surface area contributed by atoms with Crippen LogP contribution in [0.15, 0.2) is 89.9 Å². The number of hydrogen-bond acceptors (Lipinski definition) is 3. The molecule has 0 unspecified atom stereocenters. The van der Waals surface area contributed by atoms with Gasteiger partial charge >= 0.3 is 11.7 Å². The smallest absolute Gasteiger partial charge is 0.336 e. The van der Waals surface area contributed by atoms with E-state index < -0.39 is 5.97 Å². The van der Waals surface area contributed by atoms with Gasteiger partial charge in [0.25, 0.3) is 5.91 Å². The number of imidazole rings is 1. The third-order valence-corrected chi connectivity index (χ3v) is 7.04. The van der Waals surface area contributed by atoms with Gasteiger partial charge in [0.2, 0.25) is 0 Å². The standard InChI is InChI=1S/C30H28N2O4/c33-28(24-11-5-2-6-12-24)32-20-27(23-9-3-1-4-10-23)31(30(32)36)19-21-15-17-22(18-16-21)25-13-7-8-14-26(25)29(34)35/h2,5-8,11-18,20,23H,1,3-4,9-10,19H2,(H,34,35). The number of rotatable bonds is 6. The van der Waals surface area contributed by atoms with Crippen molar-refractivity contribution in [2.45, 2.75) is 44.6 Å². The molecule has 5 rings (SSSR count). The molecular formula is C30H28N2O4. The molecule has 6 nitrogen and oxygen atoms in total. The second kappa shape index (κ2) is 10.2. The molecule has 0 spiro atoms. The fourth-order valence-electron chi connectivity index (χ4n) is 5.14. The summed E-state index contributed by atoms with van der Waals surface area (Å²) in [5, 5.41) is 9.52. The highest BCUT2D eigenvalue weighted by atomic mass is 16.4. The van der Waals surface area contributed by atoms with Crippen LogP contribution in [0.2, 0.25) is 0 Å². The minimum absolute atomic E-state index is 0.248. The predicted molar refractivity (Wildman–Crippen MR) is 139 cm³/mol. The molecule has 0 bridgehead atoms. The Balaban J connectivity index is 1.49. The van der Waals surface area contributed by atoms with E-state index in [4.69, 9.17) is 0 Å². The van der Waals surface area contributed by atoms with E-state index >= 15 is 0 Å².